The molecule has 3 heterocycles. The van der Waals surface area contributed by atoms with Crippen LogP contribution < -0.4 is 0 Å². The second kappa shape index (κ2) is 5.23. The van der Waals surface area contributed by atoms with Gasteiger partial charge in [0.05, 0.1) is 13.2 Å². The molecule has 0 aromatic carbocycles. The van der Waals surface area contributed by atoms with Gasteiger partial charge in [-0.25, -0.2) is 4.98 Å². The van der Waals surface area contributed by atoms with E-state index in [0.29, 0.717) is 25.0 Å². The summed E-state index contributed by atoms with van der Waals surface area (Å²) in [7, 11) is 0. The molecule has 2 aromatic rings. The second-order valence-electron chi connectivity index (χ2n) is 5.29. The molecule has 0 spiro atoms. The average Bonchev–Trinajstić information content (AvgIpc) is 3.00. The third kappa shape index (κ3) is 2.61. The Hall–Kier alpha value is -1.31. The predicted octanol–water partition coefficient (Wildman–Crippen LogP) is 1.98. The minimum absolute atomic E-state index is 0.0644. The first-order valence-electron chi connectivity index (χ1n) is 6.94. The van der Waals surface area contributed by atoms with Crippen LogP contribution in [0.2, 0.25) is 0 Å². The number of aromatic nitrogens is 3. The van der Waals surface area contributed by atoms with Crippen LogP contribution in [-0.4, -0.2) is 39.7 Å². The van der Waals surface area contributed by atoms with Crippen LogP contribution in [0.5, 0.6) is 0 Å². The van der Waals surface area contributed by atoms with Gasteiger partial charge in [-0.2, -0.15) is 4.98 Å². The highest BCUT2D eigenvalue weighted by molar-refractivity contribution is 7.09. The fraction of sp³-hybridized carbons (Fsp3) is 0.615. The van der Waals surface area contributed by atoms with Crippen molar-refractivity contribution >= 4 is 11.3 Å². The first-order chi connectivity index (χ1) is 9.88. The average molecular weight is 292 g/mol. The zero-order chi connectivity index (χ0) is 13.4. The second-order valence-corrected chi connectivity index (χ2v) is 6.21. The molecule has 0 unspecified atom stereocenters. The lowest BCUT2D eigenvalue weighted by Crippen LogP contribution is -2.37. The van der Waals surface area contributed by atoms with Crippen molar-refractivity contribution in [2.75, 3.05) is 19.7 Å². The van der Waals surface area contributed by atoms with Gasteiger partial charge in [-0.3, -0.25) is 4.90 Å². The highest BCUT2D eigenvalue weighted by Gasteiger charge is 2.30. The Labute approximate surface area is 120 Å². The van der Waals surface area contributed by atoms with Crippen LogP contribution >= 0.6 is 11.3 Å². The molecular weight excluding hydrogens is 276 g/mol. The van der Waals surface area contributed by atoms with Crippen molar-refractivity contribution in [1.29, 1.82) is 0 Å². The fourth-order valence-electron chi connectivity index (χ4n) is 2.42. The van der Waals surface area contributed by atoms with Crippen LogP contribution in [-0.2, 0) is 11.3 Å². The molecule has 0 amide bonds. The highest BCUT2D eigenvalue weighted by Crippen LogP contribution is 2.38. The van der Waals surface area contributed by atoms with Gasteiger partial charge in [-0.15, -0.1) is 11.3 Å². The Morgan fingerprint density at radius 3 is 3.15 bits per heavy atom. The van der Waals surface area contributed by atoms with Gasteiger partial charge >= 0.3 is 0 Å². The number of morpholine rings is 1. The lowest BCUT2D eigenvalue weighted by atomic mass is 10.3. The van der Waals surface area contributed by atoms with Gasteiger partial charge in [0, 0.05) is 30.6 Å². The topological polar surface area (TPSA) is 64.3 Å². The van der Waals surface area contributed by atoms with E-state index in [9.17, 15) is 0 Å². The molecule has 1 atom stereocenters. The third-order valence-corrected chi connectivity index (χ3v) is 4.53. The zero-order valence-electron chi connectivity index (χ0n) is 11.1. The molecule has 2 fully saturated rings. The standard InChI is InChI=1S/C13H16N4O2S/c1-2-9(1)12-15-11(19-16-12)8-17-4-5-18-10(7-17)13-14-3-6-20-13/h3,6,9-10H,1-2,4-5,7-8H2/t10-/m0/s1. The molecule has 106 valence electrons. The molecule has 7 heteroatoms. The van der Waals surface area contributed by atoms with Gasteiger partial charge < -0.3 is 9.26 Å². The molecule has 1 aliphatic carbocycles. The molecule has 2 aliphatic rings. The normalized spacial score (nSPS) is 24.1. The number of nitrogens with zero attached hydrogens (tertiary/aromatic N) is 4. The Bertz CT molecular complexity index is 567. The minimum atomic E-state index is 0.0644. The summed E-state index contributed by atoms with van der Waals surface area (Å²) >= 11 is 1.64. The van der Waals surface area contributed by atoms with E-state index in [2.05, 4.69) is 20.0 Å². The molecule has 4 rings (SSSR count). The summed E-state index contributed by atoms with van der Waals surface area (Å²) in [5, 5.41) is 7.08. The van der Waals surface area contributed by atoms with E-state index in [1.807, 2.05) is 11.6 Å². The fourth-order valence-corrected chi connectivity index (χ4v) is 3.10. The maximum atomic E-state index is 5.78. The van der Waals surface area contributed by atoms with Crippen LogP contribution in [0.25, 0.3) is 0 Å². The molecular formula is C13H16N4O2S. The minimum Gasteiger partial charge on any atom is -0.368 e. The van der Waals surface area contributed by atoms with Crippen molar-refractivity contribution in [3.05, 3.63) is 28.3 Å². The van der Waals surface area contributed by atoms with Gasteiger partial charge in [-0.05, 0) is 12.8 Å². The van der Waals surface area contributed by atoms with Gasteiger partial charge in [-0.1, -0.05) is 5.16 Å². The number of hydrogen-bond acceptors (Lipinski definition) is 7. The van der Waals surface area contributed by atoms with Crippen molar-refractivity contribution < 1.29 is 9.26 Å². The summed E-state index contributed by atoms with van der Waals surface area (Å²) in [6, 6.07) is 0. The van der Waals surface area contributed by atoms with Crippen molar-refractivity contribution in [3.8, 4) is 0 Å². The van der Waals surface area contributed by atoms with E-state index in [1.165, 1.54) is 12.8 Å². The summed E-state index contributed by atoms with van der Waals surface area (Å²) in [5.41, 5.74) is 0. The first-order valence-corrected chi connectivity index (χ1v) is 7.82. The molecule has 1 aliphatic heterocycles. The molecule has 2 aromatic heterocycles. The van der Waals surface area contributed by atoms with E-state index >= 15 is 0 Å². The number of hydrogen-bond donors (Lipinski definition) is 0. The molecule has 0 radical (unpaired) electrons. The molecule has 6 nitrogen and oxygen atoms in total. The zero-order valence-corrected chi connectivity index (χ0v) is 11.9. The molecule has 20 heavy (non-hydrogen) atoms. The summed E-state index contributed by atoms with van der Waals surface area (Å²) in [6.07, 6.45) is 4.28. The summed E-state index contributed by atoms with van der Waals surface area (Å²) in [4.78, 5) is 11.1. The summed E-state index contributed by atoms with van der Waals surface area (Å²) in [5.74, 6) is 2.14. The van der Waals surface area contributed by atoms with E-state index in [0.717, 1.165) is 23.9 Å². The van der Waals surface area contributed by atoms with E-state index in [1.54, 1.807) is 11.3 Å². The van der Waals surface area contributed by atoms with E-state index in [-0.39, 0.29) is 6.10 Å². The maximum Gasteiger partial charge on any atom is 0.240 e. The summed E-state index contributed by atoms with van der Waals surface area (Å²) in [6.45, 7) is 3.14. The Kier molecular flexibility index (Phi) is 3.25. The van der Waals surface area contributed by atoms with Crippen LogP contribution in [0.4, 0.5) is 0 Å². The maximum absolute atomic E-state index is 5.78. The van der Waals surface area contributed by atoms with E-state index < -0.39 is 0 Å². The lowest BCUT2D eigenvalue weighted by molar-refractivity contribution is -0.0356. The molecule has 1 saturated heterocycles. The van der Waals surface area contributed by atoms with E-state index in [4.69, 9.17) is 9.26 Å². The van der Waals surface area contributed by atoms with Crippen molar-refractivity contribution in [2.45, 2.75) is 31.4 Å². The highest BCUT2D eigenvalue weighted by atomic mass is 32.1. The van der Waals surface area contributed by atoms with Crippen molar-refractivity contribution in [1.82, 2.24) is 20.0 Å². The van der Waals surface area contributed by atoms with Gasteiger partial charge in [0.15, 0.2) is 5.82 Å². The Balaban J connectivity index is 1.40. The largest absolute Gasteiger partial charge is 0.368 e. The SMILES string of the molecule is c1csc([C@@H]2CN(Cc3nc(C4CC4)no3)CCO2)n1. The molecule has 0 N–H and O–H groups in total. The summed E-state index contributed by atoms with van der Waals surface area (Å²) < 4.78 is 11.1. The smallest absolute Gasteiger partial charge is 0.240 e. The van der Waals surface area contributed by atoms with Gasteiger partial charge in [0.25, 0.3) is 0 Å². The Morgan fingerprint density at radius 2 is 2.35 bits per heavy atom. The van der Waals surface area contributed by atoms with Crippen LogP contribution in [0.15, 0.2) is 16.1 Å². The Morgan fingerprint density at radius 1 is 1.40 bits per heavy atom. The van der Waals surface area contributed by atoms with Crippen LogP contribution in [0.3, 0.4) is 0 Å². The van der Waals surface area contributed by atoms with Gasteiger partial charge in [0.2, 0.25) is 5.89 Å². The number of rotatable bonds is 4. The van der Waals surface area contributed by atoms with Gasteiger partial charge in [0.1, 0.15) is 11.1 Å². The van der Waals surface area contributed by atoms with Crippen LogP contribution in [0.1, 0.15) is 41.6 Å². The number of thiazole rings is 1. The van der Waals surface area contributed by atoms with Crippen molar-refractivity contribution in [2.24, 2.45) is 0 Å². The quantitative estimate of drug-likeness (QED) is 0.858. The molecule has 0 bridgehead atoms. The van der Waals surface area contributed by atoms with Crippen LogP contribution in [0, 0.1) is 0 Å². The number of ether oxygens (including phenoxy) is 1. The monoisotopic (exact) mass is 292 g/mol. The third-order valence-electron chi connectivity index (χ3n) is 3.66. The first kappa shape index (κ1) is 12.4. The van der Waals surface area contributed by atoms with Crippen molar-refractivity contribution in [3.63, 3.8) is 0 Å². The molecule has 1 saturated carbocycles. The lowest BCUT2D eigenvalue weighted by Gasteiger charge is -2.30. The predicted molar refractivity (Wildman–Crippen MR) is 72.4 cm³/mol.